The van der Waals surface area contributed by atoms with Crippen molar-refractivity contribution in [3.8, 4) is 11.5 Å². The largest absolute Gasteiger partial charge is 0.355 e. The molecule has 5 rings (SSSR count). The Morgan fingerprint density at radius 1 is 1.12 bits per heavy atom. The fraction of sp³-hybridized carbons (Fsp3) is 0.304. The first-order chi connectivity index (χ1) is 15.6. The molecule has 1 aromatic carbocycles. The van der Waals surface area contributed by atoms with Crippen LogP contribution in [0.4, 0.5) is 11.5 Å². The summed E-state index contributed by atoms with van der Waals surface area (Å²) in [5.41, 5.74) is 2.19. The second-order valence-corrected chi connectivity index (χ2v) is 7.96. The molecule has 32 heavy (non-hydrogen) atoms. The molecule has 4 aromatic rings. The summed E-state index contributed by atoms with van der Waals surface area (Å²) in [7, 11) is 0. The van der Waals surface area contributed by atoms with E-state index in [2.05, 4.69) is 35.3 Å². The summed E-state index contributed by atoms with van der Waals surface area (Å²) in [5, 5.41) is 7.96. The van der Waals surface area contributed by atoms with Gasteiger partial charge in [-0.15, -0.1) is 0 Å². The highest BCUT2D eigenvalue weighted by Crippen LogP contribution is 2.31. The minimum absolute atomic E-state index is 0.0196. The van der Waals surface area contributed by atoms with E-state index in [1.807, 2.05) is 37.3 Å². The third-order valence-electron chi connectivity index (χ3n) is 5.63. The number of hydrogen-bond donors (Lipinski definition) is 1. The number of hydrogen-bond acceptors (Lipinski definition) is 8. The zero-order valence-electron chi connectivity index (χ0n) is 17.9. The van der Waals surface area contributed by atoms with Crippen LogP contribution < -0.4 is 10.2 Å². The standard InChI is InChI=1S/C23H23N7O2/c1-14-25-12-18(23-27-15(2)29-32-23)21(26-14)30-11-5-8-17(13-30)22(31)28-19-9-3-6-16-7-4-10-24-20(16)19/h3-4,6-7,9-10,12,17H,5,8,11,13H2,1-2H3,(H,28,31). The number of rotatable bonds is 4. The van der Waals surface area contributed by atoms with Crippen molar-refractivity contribution in [1.29, 1.82) is 0 Å². The van der Waals surface area contributed by atoms with Gasteiger partial charge in [0.15, 0.2) is 5.82 Å². The molecule has 1 aliphatic heterocycles. The van der Waals surface area contributed by atoms with Gasteiger partial charge in [-0.1, -0.05) is 23.4 Å². The highest BCUT2D eigenvalue weighted by molar-refractivity contribution is 6.01. The van der Waals surface area contributed by atoms with Gasteiger partial charge in [-0.25, -0.2) is 9.97 Å². The summed E-state index contributed by atoms with van der Waals surface area (Å²) in [4.78, 5) is 33.0. The molecule has 1 amide bonds. The Balaban J connectivity index is 1.39. The van der Waals surface area contributed by atoms with Crippen LogP contribution in [0.2, 0.25) is 0 Å². The van der Waals surface area contributed by atoms with Gasteiger partial charge >= 0.3 is 0 Å². The molecule has 0 saturated carbocycles. The van der Waals surface area contributed by atoms with Crippen molar-refractivity contribution >= 4 is 28.3 Å². The number of nitrogens with zero attached hydrogens (tertiary/aromatic N) is 6. The van der Waals surface area contributed by atoms with E-state index < -0.39 is 0 Å². The molecule has 1 saturated heterocycles. The van der Waals surface area contributed by atoms with Gasteiger partial charge < -0.3 is 14.7 Å². The molecule has 3 aromatic heterocycles. The number of fused-ring (bicyclic) bond motifs is 1. The third kappa shape index (κ3) is 3.89. The fourth-order valence-corrected chi connectivity index (χ4v) is 4.08. The number of aromatic nitrogens is 5. The van der Waals surface area contributed by atoms with Gasteiger partial charge in [0.2, 0.25) is 5.91 Å². The monoisotopic (exact) mass is 429 g/mol. The predicted octanol–water partition coefficient (Wildman–Crippen LogP) is 3.55. The van der Waals surface area contributed by atoms with E-state index in [4.69, 9.17) is 4.52 Å². The van der Waals surface area contributed by atoms with Crippen molar-refractivity contribution in [2.45, 2.75) is 26.7 Å². The molecule has 1 fully saturated rings. The Labute approximate surface area is 184 Å². The number of carbonyl (C=O) groups excluding carboxylic acids is 1. The van der Waals surface area contributed by atoms with Gasteiger partial charge in [0.1, 0.15) is 17.2 Å². The van der Waals surface area contributed by atoms with E-state index in [1.54, 1.807) is 19.3 Å². The number of anilines is 2. The molecular formula is C23H23N7O2. The number of carbonyl (C=O) groups is 1. The Hall–Kier alpha value is -3.88. The lowest BCUT2D eigenvalue weighted by Crippen LogP contribution is -2.41. The Morgan fingerprint density at radius 3 is 2.84 bits per heavy atom. The number of para-hydroxylation sites is 1. The lowest BCUT2D eigenvalue weighted by Gasteiger charge is -2.33. The second-order valence-electron chi connectivity index (χ2n) is 7.96. The minimum atomic E-state index is -0.185. The molecule has 9 heteroatoms. The number of pyridine rings is 1. The van der Waals surface area contributed by atoms with E-state index in [0.29, 0.717) is 35.5 Å². The molecule has 0 aliphatic carbocycles. The first-order valence-electron chi connectivity index (χ1n) is 10.6. The topological polar surface area (TPSA) is 110 Å². The van der Waals surface area contributed by atoms with E-state index in [1.165, 1.54) is 0 Å². The molecule has 4 heterocycles. The SMILES string of the molecule is Cc1noc(-c2cnc(C)nc2N2CCCC(C(=O)Nc3cccc4cccnc34)C2)n1. The number of amides is 1. The summed E-state index contributed by atoms with van der Waals surface area (Å²) < 4.78 is 5.36. The molecule has 162 valence electrons. The van der Waals surface area contributed by atoms with Gasteiger partial charge in [-0.05, 0) is 38.8 Å². The van der Waals surface area contributed by atoms with Crippen LogP contribution in [-0.4, -0.2) is 44.1 Å². The highest BCUT2D eigenvalue weighted by atomic mass is 16.5. The van der Waals surface area contributed by atoms with Crippen LogP contribution in [0.5, 0.6) is 0 Å². The molecule has 1 unspecified atom stereocenters. The van der Waals surface area contributed by atoms with Crippen molar-refractivity contribution in [3.05, 3.63) is 54.4 Å². The van der Waals surface area contributed by atoms with Gasteiger partial charge in [-0.3, -0.25) is 9.78 Å². The van der Waals surface area contributed by atoms with Crippen LogP contribution in [0, 0.1) is 19.8 Å². The van der Waals surface area contributed by atoms with Crippen LogP contribution in [0.15, 0.2) is 47.2 Å². The van der Waals surface area contributed by atoms with Crippen molar-refractivity contribution in [1.82, 2.24) is 25.1 Å². The average molecular weight is 429 g/mol. The first-order valence-corrected chi connectivity index (χ1v) is 10.6. The average Bonchev–Trinajstić information content (AvgIpc) is 3.25. The summed E-state index contributed by atoms with van der Waals surface area (Å²) in [5.74, 6) is 2.08. The fourth-order valence-electron chi connectivity index (χ4n) is 4.08. The van der Waals surface area contributed by atoms with Crippen molar-refractivity contribution in [3.63, 3.8) is 0 Å². The van der Waals surface area contributed by atoms with Crippen molar-refractivity contribution in [2.24, 2.45) is 5.92 Å². The van der Waals surface area contributed by atoms with Crippen LogP contribution in [0.3, 0.4) is 0 Å². The van der Waals surface area contributed by atoms with Crippen molar-refractivity contribution < 1.29 is 9.32 Å². The normalized spacial score (nSPS) is 16.3. The van der Waals surface area contributed by atoms with Gasteiger partial charge in [0.25, 0.3) is 5.89 Å². The first kappa shape index (κ1) is 20.0. The maximum atomic E-state index is 13.2. The molecular weight excluding hydrogens is 406 g/mol. The lowest BCUT2D eigenvalue weighted by atomic mass is 9.96. The molecule has 0 spiro atoms. The smallest absolute Gasteiger partial charge is 0.263 e. The summed E-state index contributed by atoms with van der Waals surface area (Å²) in [6.45, 7) is 4.94. The zero-order valence-corrected chi connectivity index (χ0v) is 17.9. The van der Waals surface area contributed by atoms with E-state index in [9.17, 15) is 4.79 Å². The molecule has 9 nitrogen and oxygen atoms in total. The number of nitrogens with one attached hydrogen (secondary N) is 1. The van der Waals surface area contributed by atoms with Crippen LogP contribution in [0.25, 0.3) is 22.4 Å². The summed E-state index contributed by atoms with van der Waals surface area (Å²) >= 11 is 0. The van der Waals surface area contributed by atoms with Crippen LogP contribution in [-0.2, 0) is 4.79 Å². The Kier molecular flexibility index (Phi) is 5.22. The quantitative estimate of drug-likeness (QED) is 0.524. The maximum Gasteiger partial charge on any atom is 0.263 e. The van der Waals surface area contributed by atoms with Crippen LogP contribution in [0.1, 0.15) is 24.5 Å². The number of benzene rings is 1. The lowest BCUT2D eigenvalue weighted by molar-refractivity contribution is -0.120. The van der Waals surface area contributed by atoms with E-state index in [-0.39, 0.29) is 11.8 Å². The molecule has 1 N–H and O–H groups in total. The number of piperidine rings is 1. The maximum absolute atomic E-state index is 13.2. The zero-order chi connectivity index (χ0) is 22.1. The third-order valence-corrected chi connectivity index (χ3v) is 5.63. The van der Waals surface area contributed by atoms with Crippen molar-refractivity contribution in [2.75, 3.05) is 23.3 Å². The highest BCUT2D eigenvalue weighted by Gasteiger charge is 2.29. The van der Waals surface area contributed by atoms with Gasteiger partial charge in [-0.2, -0.15) is 4.98 Å². The number of aryl methyl sites for hydroxylation is 2. The predicted molar refractivity (Wildman–Crippen MR) is 120 cm³/mol. The van der Waals surface area contributed by atoms with Gasteiger partial charge in [0.05, 0.1) is 17.1 Å². The van der Waals surface area contributed by atoms with E-state index in [0.717, 1.165) is 36.0 Å². The molecule has 1 aliphatic rings. The second kappa shape index (κ2) is 8.33. The van der Waals surface area contributed by atoms with E-state index >= 15 is 0 Å². The Bertz CT molecular complexity index is 1280. The Morgan fingerprint density at radius 2 is 2.00 bits per heavy atom. The molecule has 1 atom stereocenters. The molecule has 0 radical (unpaired) electrons. The van der Waals surface area contributed by atoms with Crippen LogP contribution >= 0.6 is 0 Å². The minimum Gasteiger partial charge on any atom is -0.355 e. The summed E-state index contributed by atoms with van der Waals surface area (Å²) in [6.07, 6.45) is 5.12. The summed E-state index contributed by atoms with van der Waals surface area (Å²) in [6, 6.07) is 9.67. The van der Waals surface area contributed by atoms with Gasteiger partial charge in [0, 0.05) is 30.9 Å². The molecule has 0 bridgehead atoms.